The monoisotopic (exact) mass is 390 g/mol. The summed E-state index contributed by atoms with van der Waals surface area (Å²) in [5, 5.41) is 6.32. The summed E-state index contributed by atoms with van der Waals surface area (Å²) in [6.07, 6.45) is 0. The summed E-state index contributed by atoms with van der Waals surface area (Å²) < 4.78 is 0. The van der Waals surface area contributed by atoms with E-state index >= 15 is 0 Å². The molecule has 24 heavy (non-hydrogen) atoms. The van der Waals surface area contributed by atoms with Crippen LogP contribution in [0.3, 0.4) is 0 Å². The van der Waals surface area contributed by atoms with Crippen molar-refractivity contribution in [2.75, 3.05) is 20.1 Å². The summed E-state index contributed by atoms with van der Waals surface area (Å²) in [7, 11) is 1.84. The number of aryl methyl sites for hydroxylation is 2. The van der Waals surface area contributed by atoms with Crippen molar-refractivity contribution in [3.05, 3.63) is 26.6 Å². The molecule has 2 aromatic rings. The number of aromatic nitrogens is 2. The van der Waals surface area contributed by atoms with E-state index in [4.69, 9.17) is 0 Å². The molecule has 0 bridgehead atoms. The van der Waals surface area contributed by atoms with Crippen molar-refractivity contribution in [1.82, 2.24) is 20.6 Å². The molecule has 2 aromatic heterocycles. The van der Waals surface area contributed by atoms with E-state index in [9.17, 15) is 9.59 Å². The number of thioether (sulfide) groups is 1. The lowest BCUT2D eigenvalue weighted by Gasteiger charge is -2.11. The Hall–Kier alpha value is -1.09. The number of rotatable bonds is 7. The number of fused-ring (bicyclic) bond motifs is 1. The second kappa shape index (κ2) is 9.41. The van der Waals surface area contributed by atoms with Crippen LogP contribution in [0, 0.1) is 13.8 Å². The highest BCUT2D eigenvalue weighted by Crippen LogP contribution is 2.26. The van der Waals surface area contributed by atoms with Crippen LogP contribution < -0.4 is 16.2 Å². The number of halogens is 1. The molecule has 0 aliphatic carbocycles. The van der Waals surface area contributed by atoms with Crippen LogP contribution in [-0.4, -0.2) is 41.3 Å². The fourth-order valence-electron chi connectivity index (χ4n) is 2.10. The number of nitrogens with zero attached hydrogens (tertiary/aromatic N) is 1. The molecule has 0 spiro atoms. The van der Waals surface area contributed by atoms with Crippen LogP contribution in [-0.2, 0) is 10.5 Å². The predicted octanol–water partition coefficient (Wildman–Crippen LogP) is 1.98. The standard InChI is InChI=1S/C15H22N4O2S2.ClH/c1-8-9(2)23-15-12(8)14(21)18-11(19-15)7-22-10(3)13(20)17-6-5-16-4;/h10,16H,5-7H2,1-4H3,(H,17,20)(H,18,19,21);1H. The van der Waals surface area contributed by atoms with Crippen molar-refractivity contribution in [2.24, 2.45) is 0 Å². The lowest BCUT2D eigenvalue weighted by atomic mass is 10.2. The number of hydrogen-bond acceptors (Lipinski definition) is 6. The minimum absolute atomic E-state index is 0. The van der Waals surface area contributed by atoms with E-state index in [1.807, 2.05) is 27.8 Å². The van der Waals surface area contributed by atoms with Crippen LogP contribution in [0.25, 0.3) is 10.2 Å². The lowest BCUT2D eigenvalue weighted by molar-refractivity contribution is -0.120. The second-order valence-electron chi connectivity index (χ2n) is 5.32. The van der Waals surface area contributed by atoms with Gasteiger partial charge in [-0.3, -0.25) is 9.59 Å². The van der Waals surface area contributed by atoms with Gasteiger partial charge in [-0.05, 0) is 33.4 Å². The molecule has 0 fully saturated rings. The van der Waals surface area contributed by atoms with Crippen LogP contribution in [0.15, 0.2) is 4.79 Å². The van der Waals surface area contributed by atoms with E-state index in [0.717, 1.165) is 21.8 Å². The summed E-state index contributed by atoms with van der Waals surface area (Å²) in [5.74, 6) is 1.11. The molecule has 0 aromatic carbocycles. The Morgan fingerprint density at radius 1 is 1.38 bits per heavy atom. The normalized spacial score (nSPS) is 12.0. The molecule has 3 N–H and O–H groups in total. The number of amides is 1. The number of H-pyrrole nitrogens is 1. The molecule has 134 valence electrons. The highest BCUT2D eigenvalue weighted by atomic mass is 35.5. The van der Waals surface area contributed by atoms with Crippen molar-refractivity contribution < 1.29 is 4.79 Å². The van der Waals surface area contributed by atoms with Gasteiger partial charge < -0.3 is 15.6 Å². The molecule has 1 atom stereocenters. The molecule has 0 aliphatic rings. The summed E-state index contributed by atoms with van der Waals surface area (Å²) >= 11 is 3.00. The van der Waals surface area contributed by atoms with Crippen LogP contribution in [0.1, 0.15) is 23.2 Å². The van der Waals surface area contributed by atoms with Gasteiger partial charge in [0, 0.05) is 18.0 Å². The minimum atomic E-state index is -0.195. The third-order valence-corrected chi connectivity index (χ3v) is 5.86. The van der Waals surface area contributed by atoms with Crippen LogP contribution in [0.2, 0.25) is 0 Å². The SMILES string of the molecule is CNCCNC(=O)C(C)SCc1nc2sc(C)c(C)c2c(=O)[nH]1.Cl. The topological polar surface area (TPSA) is 86.9 Å². The Labute approximate surface area is 155 Å². The maximum Gasteiger partial charge on any atom is 0.259 e. The van der Waals surface area contributed by atoms with Gasteiger partial charge in [0.2, 0.25) is 5.91 Å². The molecular weight excluding hydrogens is 368 g/mol. The zero-order chi connectivity index (χ0) is 17.0. The summed E-state index contributed by atoms with van der Waals surface area (Å²) in [6, 6.07) is 0. The number of carbonyl (C=O) groups is 1. The molecule has 6 nitrogen and oxygen atoms in total. The van der Waals surface area contributed by atoms with Gasteiger partial charge in [0.25, 0.3) is 5.56 Å². The van der Waals surface area contributed by atoms with Gasteiger partial charge in [0.1, 0.15) is 10.7 Å². The Balaban J connectivity index is 0.00000288. The van der Waals surface area contributed by atoms with Gasteiger partial charge in [-0.15, -0.1) is 35.5 Å². The van der Waals surface area contributed by atoms with Gasteiger partial charge in [-0.2, -0.15) is 0 Å². The molecule has 1 unspecified atom stereocenters. The number of likely N-dealkylation sites (N-methyl/N-ethyl adjacent to an activating group) is 1. The van der Waals surface area contributed by atoms with Crippen LogP contribution in [0.5, 0.6) is 0 Å². The number of carbonyl (C=O) groups excluding carboxylic acids is 1. The summed E-state index contributed by atoms with van der Waals surface area (Å²) in [5.41, 5.74) is 0.897. The van der Waals surface area contributed by atoms with Crippen molar-refractivity contribution >= 4 is 51.6 Å². The maximum atomic E-state index is 12.2. The first-order valence-electron chi connectivity index (χ1n) is 7.46. The van der Waals surface area contributed by atoms with E-state index in [1.165, 1.54) is 23.1 Å². The number of aromatic amines is 1. The fourth-order valence-corrected chi connectivity index (χ4v) is 3.93. The minimum Gasteiger partial charge on any atom is -0.354 e. The Kier molecular flexibility index (Phi) is 8.21. The Morgan fingerprint density at radius 2 is 2.08 bits per heavy atom. The first-order valence-corrected chi connectivity index (χ1v) is 9.33. The quantitative estimate of drug-likeness (QED) is 0.629. The zero-order valence-corrected chi connectivity index (χ0v) is 16.6. The molecule has 0 aliphatic heterocycles. The lowest BCUT2D eigenvalue weighted by Crippen LogP contribution is -2.35. The van der Waals surface area contributed by atoms with Gasteiger partial charge >= 0.3 is 0 Å². The summed E-state index contributed by atoms with van der Waals surface area (Å²) in [4.78, 5) is 33.4. The van der Waals surface area contributed by atoms with E-state index in [1.54, 1.807) is 0 Å². The van der Waals surface area contributed by atoms with Gasteiger partial charge in [0.05, 0.1) is 16.4 Å². The van der Waals surface area contributed by atoms with E-state index in [2.05, 4.69) is 20.6 Å². The highest BCUT2D eigenvalue weighted by Gasteiger charge is 2.15. The Bertz CT molecular complexity index is 760. The van der Waals surface area contributed by atoms with Crippen molar-refractivity contribution in [3.8, 4) is 0 Å². The third kappa shape index (κ3) is 4.95. The Morgan fingerprint density at radius 3 is 2.75 bits per heavy atom. The number of hydrogen-bond donors (Lipinski definition) is 3. The summed E-state index contributed by atoms with van der Waals surface area (Å²) in [6.45, 7) is 7.14. The third-order valence-electron chi connectivity index (χ3n) is 3.60. The van der Waals surface area contributed by atoms with E-state index in [0.29, 0.717) is 23.5 Å². The molecule has 0 saturated heterocycles. The molecule has 2 rings (SSSR count). The smallest absolute Gasteiger partial charge is 0.259 e. The van der Waals surface area contributed by atoms with Gasteiger partial charge in [-0.1, -0.05) is 0 Å². The average molecular weight is 391 g/mol. The van der Waals surface area contributed by atoms with Crippen LogP contribution >= 0.6 is 35.5 Å². The molecule has 0 saturated carbocycles. The number of thiophene rings is 1. The second-order valence-corrected chi connectivity index (χ2v) is 7.86. The molecule has 1 amide bonds. The van der Waals surface area contributed by atoms with E-state index in [-0.39, 0.29) is 29.1 Å². The molecular formula is C15H23ClN4O2S2. The van der Waals surface area contributed by atoms with Crippen molar-refractivity contribution in [1.29, 1.82) is 0 Å². The van der Waals surface area contributed by atoms with Gasteiger partial charge in [-0.25, -0.2) is 4.98 Å². The maximum absolute atomic E-state index is 12.2. The van der Waals surface area contributed by atoms with Crippen molar-refractivity contribution in [2.45, 2.75) is 31.8 Å². The fraction of sp³-hybridized carbons (Fsp3) is 0.533. The largest absolute Gasteiger partial charge is 0.354 e. The van der Waals surface area contributed by atoms with E-state index < -0.39 is 0 Å². The molecule has 2 heterocycles. The average Bonchev–Trinajstić information content (AvgIpc) is 2.80. The number of nitrogens with one attached hydrogen (secondary N) is 3. The first kappa shape index (κ1) is 21.0. The predicted molar refractivity (Wildman–Crippen MR) is 105 cm³/mol. The molecule has 9 heteroatoms. The zero-order valence-electron chi connectivity index (χ0n) is 14.2. The molecule has 0 radical (unpaired) electrons. The highest BCUT2D eigenvalue weighted by molar-refractivity contribution is 7.99. The first-order chi connectivity index (χ1) is 10.9. The van der Waals surface area contributed by atoms with Crippen LogP contribution in [0.4, 0.5) is 0 Å². The van der Waals surface area contributed by atoms with Crippen molar-refractivity contribution in [3.63, 3.8) is 0 Å². The van der Waals surface area contributed by atoms with Gasteiger partial charge in [0.15, 0.2) is 0 Å².